The fourth-order valence-electron chi connectivity index (χ4n) is 3.28. The van der Waals surface area contributed by atoms with Gasteiger partial charge in [0.2, 0.25) is 0 Å². The summed E-state index contributed by atoms with van der Waals surface area (Å²) in [7, 11) is 0. The Balaban J connectivity index is 1.91. The molecule has 0 aliphatic rings. The highest BCUT2D eigenvalue weighted by Crippen LogP contribution is 2.35. The van der Waals surface area contributed by atoms with Gasteiger partial charge in [0.15, 0.2) is 0 Å². The van der Waals surface area contributed by atoms with Crippen molar-refractivity contribution in [1.82, 2.24) is 0 Å². The number of quaternary nitrogens is 1. The zero-order valence-electron chi connectivity index (χ0n) is 22.6. The average Bonchev–Trinajstić information content (AvgIpc) is 2.84. The molecule has 3 rings (SSSR count). The van der Waals surface area contributed by atoms with Crippen LogP contribution in [0.4, 0.5) is 0 Å². The Morgan fingerprint density at radius 3 is 2.00 bits per heavy atom. The van der Waals surface area contributed by atoms with Crippen molar-refractivity contribution >= 4 is 22.7 Å². The normalized spacial score (nSPS) is 16.2. The van der Waals surface area contributed by atoms with Gasteiger partial charge in [-0.2, -0.15) is 0 Å². The monoisotopic (exact) mass is 427 g/mol. The van der Waals surface area contributed by atoms with Gasteiger partial charge in [-0.05, 0) is 46.4 Å². The third kappa shape index (κ3) is 6.20. The Kier molecular flexibility index (Phi) is 5.31. The summed E-state index contributed by atoms with van der Waals surface area (Å²) in [6.45, 7) is -7.59. The number of hydrogen-bond acceptors (Lipinski definition) is 2. The number of allylic oxidation sites excluding steroid dienone is 1. The SMILES string of the molecule is [2H]C([2H])([2H])[N+]([O-])(CCOc1ccc(/C(=C(/CCCl)c2ccccc2)c2ccccc2)cc1)C([2H])([2H])[2H]. The Morgan fingerprint density at radius 1 is 0.867 bits per heavy atom. The number of hydroxylamine groups is 3. The lowest BCUT2D eigenvalue weighted by atomic mass is 9.88. The van der Waals surface area contributed by atoms with Crippen molar-refractivity contribution in [3.8, 4) is 5.75 Å². The number of benzene rings is 3. The highest BCUT2D eigenvalue weighted by Gasteiger charge is 2.14. The summed E-state index contributed by atoms with van der Waals surface area (Å²) >= 11 is 6.19. The molecule has 3 aromatic carbocycles. The molecule has 0 heterocycles. The number of halogens is 1. The molecule has 0 N–H and O–H groups in total. The van der Waals surface area contributed by atoms with Crippen LogP contribution in [0.3, 0.4) is 0 Å². The van der Waals surface area contributed by atoms with Crippen molar-refractivity contribution in [2.24, 2.45) is 0 Å². The van der Waals surface area contributed by atoms with Crippen LogP contribution in [0.2, 0.25) is 0 Å². The molecule has 0 aliphatic heterocycles. The van der Waals surface area contributed by atoms with Crippen LogP contribution in [0.25, 0.3) is 11.1 Å². The molecular formula is C26H28ClNO2. The van der Waals surface area contributed by atoms with E-state index in [-0.39, 0.29) is 6.61 Å². The van der Waals surface area contributed by atoms with Crippen LogP contribution in [0, 0.1) is 5.21 Å². The molecule has 0 amide bonds. The summed E-state index contributed by atoms with van der Waals surface area (Å²) in [5.41, 5.74) is 5.13. The second kappa shape index (κ2) is 10.4. The topological polar surface area (TPSA) is 32.3 Å². The molecule has 0 saturated heterocycles. The van der Waals surface area contributed by atoms with Crippen LogP contribution >= 0.6 is 11.6 Å². The van der Waals surface area contributed by atoms with Crippen LogP contribution in [-0.4, -0.2) is 37.6 Å². The fraction of sp³-hybridized carbons (Fsp3) is 0.231. The Morgan fingerprint density at radius 2 is 1.43 bits per heavy atom. The van der Waals surface area contributed by atoms with Crippen molar-refractivity contribution in [3.05, 3.63) is 107 Å². The van der Waals surface area contributed by atoms with E-state index in [4.69, 9.17) is 24.6 Å². The molecule has 156 valence electrons. The molecule has 0 atom stereocenters. The van der Waals surface area contributed by atoms with Gasteiger partial charge in [0.05, 0.1) is 22.2 Å². The molecule has 3 nitrogen and oxygen atoms in total. The third-order valence-electron chi connectivity index (χ3n) is 4.65. The number of nitrogens with zero attached hydrogens (tertiary/aromatic N) is 1. The number of hydrogen-bond donors (Lipinski definition) is 0. The van der Waals surface area contributed by atoms with E-state index in [1.54, 1.807) is 12.1 Å². The van der Waals surface area contributed by atoms with E-state index in [0.29, 0.717) is 18.1 Å². The van der Waals surface area contributed by atoms with Gasteiger partial charge in [-0.1, -0.05) is 72.8 Å². The van der Waals surface area contributed by atoms with Crippen molar-refractivity contribution in [2.75, 3.05) is 33.0 Å². The molecule has 0 saturated carbocycles. The summed E-state index contributed by atoms with van der Waals surface area (Å²) in [6, 6.07) is 27.2. The van der Waals surface area contributed by atoms with E-state index in [1.807, 2.05) is 72.8 Å². The first-order valence-corrected chi connectivity index (χ1v) is 10.2. The minimum absolute atomic E-state index is 0.359. The van der Waals surface area contributed by atoms with Crippen molar-refractivity contribution in [1.29, 1.82) is 0 Å². The third-order valence-corrected chi connectivity index (χ3v) is 4.84. The zero-order valence-corrected chi connectivity index (χ0v) is 17.3. The van der Waals surface area contributed by atoms with Gasteiger partial charge in [0.1, 0.15) is 18.9 Å². The minimum atomic E-state index is -3.25. The standard InChI is InChI=1S/C26H28ClNO2/c1-28(2,29)19-20-30-24-15-13-23(14-16-24)26(22-11-7-4-8-12-22)25(17-18-27)21-9-5-3-6-10-21/h3-16H,17-20H2,1-2H3/b26-25-/i1D3,2D3. The molecular weight excluding hydrogens is 394 g/mol. The van der Waals surface area contributed by atoms with Gasteiger partial charge in [-0.3, -0.25) is 0 Å². The molecule has 0 unspecified atom stereocenters. The van der Waals surface area contributed by atoms with Crippen molar-refractivity contribution in [2.45, 2.75) is 6.42 Å². The van der Waals surface area contributed by atoms with Crippen LogP contribution in [0.1, 0.15) is 31.3 Å². The molecule has 0 aliphatic carbocycles. The van der Waals surface area contributed by atoms with Gasteiger partial charge >= 0.3 is 0 Å². The van der Waals surface area contributed by atoms with E-state index in [0.717, 1.165) is 27.8 Å². The van der Waals surface area contributed by atoms with Gasteiger partial charge < -0.3 is 14.6 Å². The summed E-state index contributed by atoms with van der Waals surface area (Å²) in [5.74, 6) is 0.844. The Hall–Kier alpha value is -2.59. The zero-order chi connectivity index (χ0) is 26.4. The maximum Gasteiger partial charge on any atom is 0.137 e. The van der Waals surface area contributed by atoms with Gasteiger partial charge in [0.25, 0.3) is 0 Å². The number of alkyl halides is 1. The van der Waals surface area contributed by atoms with Crippen LogP contribution in [-0.2, 0) is 0 Å². The maximum absolute atomic E-state index is 12.6. The molecule has 0 aromatic heterocycles. The molecule has 0 fully saturated rings. The second-order valence-electron chi connectivity index (χ2n) is 6.86. The van der Waals surface area contributed by atoms with Crippen LogP contribution < -0.4 is 4.74 Å². The average molecular weight is 428 g/mol. The maximum atomic E-state index is 12.6. The summed E-state index contributed by atoms with van der Waals surface area (Å²) < 4.78 is 47.6. The molecule has 0 spiro atoms. The van der Waals surface area contributed by atoms with Crippen molar-refractivity contribution < 1.29 is 17.6 Å². The summed E-state index contributed by atoms with van der Waals surface area (Å²) in [5, 5.41) is 12.6. The second-order valence-corrected chi connectivity index (χ2v) is 7.24. The van der Waals surface area contributed by atoms with E-state index in [1.165, 1.54) is 0 Å². The van der Waals surface area contributed by atoms with E-state index >= 15 is 0 Å². The molecule has 0 radical (unpaired) electrons. The summed E-state index contributed by atoms with van der Waals surface area (Å²) in [4.78, 5) is 0. The van der Waals surface area contributed by atoms with E-state index in [9.17, 15) is 5.21 Å². The fourth-order valence-corrected chi connectivity index (χ4v) is 3.47. The van der Waals surface area contributed by atoms with Crippen LogP contribution in [0.15, 0.2) is 84.9 Å². The first-order valence-electron chi connectivity index (χ1n) is 12.7. The highest BCUT2D eigenvalue weighted by atomic mass is 35.5. The van der Waals surface area contributed by atoms with Gasteiger partial charge in [-0.25, -0.2) is 0 Å². The first-order chi connectivity index (χ1) is 17.0. The molecule has 0 bridgehead atoms. The Labute approximate surface area is 192 Å². The van der Waals surface area contributed by atoms with Gasteiger partial charge in [0, 0.05) is 5.88 Å². The largest absolute Gasteiger partial charge is 0.633 e. The first kappa shape index (κ1) is 15.2. The van der Waals surface area contributed by atoms with Crippen molar-refractivity contribution in [3.63, 3.8) is 0 Å². The lowest BCUT2D eigenvalue weighted by molar-refractivity contribution is -0.840. The number of rotatable bonds is 9. The predicted molar refractivity (Wildman–Crippen MR) is 126 cm³/mol. The summed E-state index contributed by atoms with van der Waals surface area (Å²) in [6.07, 6.45) is 0.655. The minimum Gasteiger partial charge on any atom is -0.633 e. The quantitative estimate of drug-likeness (QED) is 0.175. The van der Waals surface area contributed by atoms with Gasteiger partial charge in [-0.15, -0.1) is 11.6 Å². The number of ether oxygens (including phenoxy) is 1. The molecule has 3 aromatic rings. The molecule has 4 heteroatoms. The van der Waals surface area contributed by atoms with Crippen LogP contribution in [0.5, 0.6) is 5.75 Å². The lowest BCUT2D eigenvalue weighted by Gasteiger charge is -2.33. The highest BCUT2D eigenvalue weighted by molar-refractivity contribution is 6.18. The van der Waals surface area contributed by atoms with E-state index in [2.05, 4.69) is 0 Å². The predicted octanol–water partition coefficient (Wildman–Crippen LogP) is 6.23. The Bertz CT molecular complexity index is 1130. The smallest absolute Gasteiger partial charge is 0.137 e. The molecule has 30 heavy (non-hydrogen) atoms. The number of likely N-dealkylation sites (N-methyl/N-ethyl adjacent to an activating group) is 1. The van der Waals surface area contributed by atoms with E-state index < -0.39 is 25.1 Å². The lowest BCUT2D eigenvalue weighted by Crippen LogP contribution is -2.36.